The number of hydrogen-bond donors (Lipinski definition) is 3. The highest BCUT2D eigenvalue weighted by Crippen LogP contribution is 2.59. The van der Waals surface area contributed by atoms with Crippen LogP contribution in [-0.4, -0.2) is 52.1 Å². The molecule has 0 aliphatic carbocycles. The molecule has 3 fully saturated rings. The van der Waals surface area contributed by atoms with Crippen molar-refractivity contribution in [3.8, 4) is 0 Å². The second kappa shape index (κ2) is 10.1. The number of rotatable bonds is 7. The highest BCUT2D eigenvalue weighted by Gasteiger charge is 2.75. The Balaban J connectivity index is 1.39. The van der Waals surface area contributed by atoms with Crippen molar-refractivity contribution in [1.29, 1.82) is 0 Å². The van der Waals surface area contributed by atoms with Crippen molar-refractivity contribution >= 4 is 40.7 Å². The Morgan fingerprint density at radius 1 is 0.949 bits per heavy atom. The van der Waals surface area contributed by atoms with Crippen molar-refractivity contribution in [1.82, 2.24) is 4.90 Å². The fraction of sp³-hybridized carbons (Fsp3) is 0.300. The Labute approximate surface area is 230 Å². The SMILES string of the molecule is O=C(Nc1ccc(Cl)cc1)C1N([C@H](CO)c2ccccc2)C(=O)[C@@H]2[C@H](C(=O)Nc3ccccc3)[C@@H]3CCC12O3. The lowest BCUT2D eigenvalue weighted by molar-refractivity contribution is -0.143. The smallest absolute Gasteiger partial charge is 0.250 e. The topological polar surface area (TPSA) is 108 Å². The minimum atomic E-state index is -1.20. The normalized spacial score (nSPS) is 27.7. The van der Waals surface area contributed by atoms with Crippen LogP contribution in [0.5, 0.6) is 0 Å². The Morgan fingerprint density at radius 2 is 1.56 bits per heavy atom. The molecule has 39 heavy (non-hydrogen) atoms. The number of halogens is 1. The van der Waals surface area contributed by atoms with Crippen molar-refractivity contribution in [3.63, 3.8) is 0 Å². The van der Waals surface area contributed by atoms with Crippen LogP contribution in [0.1, 0.15) is 24.4 Å². The van der Waals surface area contributed by atoms with Gasteiger partial charge < -0.3 is 25.4 Å². The average molecular weight is 546 g/mol. The van der Waals surface area contributed by atoms with Crippen molar-refractivity contribution < 1.29 is 24.2 Å². The third-order valence-electron chi connectivity index (χ3n) is 8.14. The van der Waals surface area contributed by atoms with Crippen LogP contribution in [0.4, 0.5) is 11.4 Å². The lowest BCUT2D eigenvalue weighted by Crippen LogP contribution is -2.54. The molecule has 9 heteroatoms. The van der Waals surface area contributed by atoms with E-state index in [4.69, 9.17) is 16.3 Å². The number of aliphatic hydroxyl groups is 1. The zero-order valence-electron chi connectivity index (χ0n) is 21.0. The largest absolute Gasteiger partial charge is 0.394 e. The maximum absolute atomic E-state index is 14.3. The highest BCUT2D eigenvalue weighted by molar-refractivity contribution is 6.30. The number of benzene rings is 3. The van der Waals surface area contributed by atoms with Gasteiger partial charge in [0.2, 0.25) is 17.7 Å². The van der Waals surface area contributed by atoms with E-state index >= 15 is 0 Å². The van der Waals surface area contributed by atoms with E-state index in [0.29, 0.717) is 34.8 Å². The molecule has 0 saturated carbocycles. The number of carbonyl (C=O) groups is 3. The summed E-state index contributed by atoms with van der Waals surface area (Å²) < 4.78 is 6.49. The molecule has 3 N–H and O–H groups in total. The van der Waals surface area contributed by atoms with Crippen LogP contribution in [0.3, 0.4) is 0 Å². The van der Waals surface area contributed by atoms with E-state index in [1.807, 2.05) is 48.5 Å². The van der Waals surface area contributed by atoms with Gasteiger partial charge in [0.1, 0.15) is 11.6 Å². The number of amides is 3. The molecule has 200 valence electrons. The summed E-state index contributed by atoms with van der Waals surface area (Å²) in [6, 6.07) is 23.0. The van der Waals surface area contributed by atoms with E-state index in [1.54, 1.807) is 36.4 Å². The summed E-state index contributed by atoms with van der Waals surface area (Å²) in [6.45, 7) is -0.395. The van der Waals surface area contributed by atoms with Crippen LogP contribution >= 0.6 is 11.6 Å². The lowest BCUT2D eigenvalue weighted by atomic mass is 9.70. The zero-order valence-corrected chi connectivity index (χ0v) is 21.8. The number of para-hydroxylation sites is 1. The molecule has 3 aliphatic heterocycles. The average Bonchev–Trinajstić information content (AvgIpc) is 3.59. The summed E-state index contributed by atoms with van der Waals surface area (Å²) in [5.41, 5.74) is 0.631. The quantitative estimate of drug-likeness (QED) is 0.415. The number of ether oxygens (including phenoxy) is 1. The van der Waals surface area contributed by atoms with E-state index in [2.05, 4.69) is 10.6 Å². The van der Waals surface area contributed by atoms with Crippen LogP contribution in [-0.2, 0) is 19.1 Å². The first-order valence-corrected chi connectivity index (χ1v) is 13.4. The predicted molar refractivity (Wildman–Crippen MR) is 146 cm³/mol. The van der Waals surface area contributed by atoms with Gasteiger partial charge in [-0.05, 0) is 54.8 Å². The zero-order chi connectivity index (χ0) is 27.1. The summed E-state index contributed by atoms with van der Waals surface area (Å²) in [5, 5.41) is 16.9. The fourth-order valence-corrected chi connectivity index (χ4v) is 6.67. The third kappa shape index (κ3) is 4.29. The van der Waals surface area contributed by atoms with Crippen LogP contribution < -0.4 is 10.6 Å². The van der Waals surface area contributed by atoms with Gasteiger partial charge in [0, 0.05) is 16.4 Å². The molecule has 0 aromatic heterocycles. The molecule has 3 aromatic carbocycles. The Hall–Kier alpha value is -3.72. The molecule has 2 bridgehead atoms. The number of aliphatic hydroxyl groups excluding tert-OH is 1. The Bertz CT molecular complexity index is 1390. The van der Waals surface area contributed by atoms with Gasteiger partial charge in [-0.2, -0.15) is 0 Å². The van der Waals surface area contributed by atoms with E-state index in [1.165, 1.54) is 4.90 Å². The molecule has 8 nitrogen and oxygen atoms in total. The standard InChI is InChI=1S/C30H28ClN3O5/c31-19-11-13-21(14-12-19)33-28(37)26-30-16-15-23(39-30)24(27(36)32-20-9-5-2-6-10-20)25(30)29(38)34(26)22(17-35)18-7-3-1-4-8-18/h1-14,22-26,35H,15-17H2,(H,32,36)(H,33,37)/t22-,23+,24-,25+,26?,30?/m1/s1. The van der Waals surface area contributed by atoms with Gasteiger partial charge in [0.15, 0.2) is 0 Å². The second-order valence-electron chi connectivity index (χ2n) is 10.3. The van der Waals surface area contributed by atoms with Crippen molar-refractivity contribution in [2.75, 3.05) is 17.2 Å². The molecule has 0 radical (unpaired) electrons. The summed E-state index contributed by atoms with van der Waals surface area (Å²) in [4.78, 5) is 43.3. The summed E-state index contributed by atoms with van der Waals surface area (Å²) in [5.74, 6) is -2.75. The summed E-state index contributed by atoms with van der Waals surface area (Å²) >= 11 is 6.02. The lowest BCUT2D eigenvalue weighted by Gasteiger charge is -2.36. The van der Waals surface area contributed by atoms with E-state index < -0.39 is 48.1 Å². The molecule has 6 atom stereocenters. The Kier molecular flexibility index (Phi) is 6.62. The van der Waals surface area contributed by atoms with E-state index in [9.17, 15) is 19.5 Å². The molecule has 3 saturated heterocycles. The van der Waals surface area contributed by atoms with Crippen LogP contribution in [0.2, 0.25) is 5.02 Å². The number of fused-ring (bicyclic) bond motifs is 1. The molecule has 2 unspecified atom stereocenters. The van der Waals surface area contributed by atoms with Gasteiger partial charge in [-0.15, -0.1) is 0 Å². The first-order chi connectivity index (χ1) is 18.9. The van der Waals surface area contributed by atoms with E-state index in [-0.39, 0.29) is 11.8 Å². The number of hydrogen-bond acceptors (Lipinski definition) is 5. The van der Waals surface area contributed by atoms with Gasteiger partial charge in [-0.1, -0.05) is 60.1 Å². The van der Waals surface area contributed by atoms with Crippen LogP contribution in [0.15, 0.2) is 84.9 Å². The number of anilines is 2. The number of likely N-dealkylation sites (tertiary alicyclic amines) is 1. The monoisotopic (exact) mass is 545 g/mol. The van der Waals surface area contributed by atoms with Gasteiger partial charge in [0.25, 0.3) is 0 Å². The summed E-state index contributed by atoms with van der Waals surface area (Å²) in [6.07, 6.45) is 0.510. The number of carbonyl (C=O) groups excluding carboxylic acids is 3. The molecule has 3 heterocycles. The molecular weight excluding hydrogens is 518 g/mol. The first kappa shape index (κ1) is 25.6. The van der Waals surface area contributed by atoms with Crippen LogP contribution in [0.25, 0.3) is 0 Å². The third-order valence-corrected chi connectivity index (χ3v) is 8.39. The molecule has 3 aromatic rings. The van der Waals surface area contributed by atoms with Gasteiger partial charge in [0.05, 0.1) is 30.6 Å². The summed E-state index contributed by atoms with van der Waals surface area (Å²) in [7, 11) is 0. The van der Waals surface area contributed by atoms with Gasteiger partial charge in [-0.3, -0.25) is 14.4 Å². The van der Waals surface area contributed by atoms with Crippen molar-refractivity contribution in [2.45, 2.75) is 36.6 Å². The maximum Gasteiger partial charge on any atom is 0.250 e. The molecule has 3 aliphatic rings. The highest BCUT2D eigenvalue weighted by atomic mass is 35.5. The molecular formula is C30H28ClN3O5. The van der Waals surface area contributed by atoms with E-state index in [0.717, 1.165) is 0 Å². The molecule has 1 spiro atoms. The van der Waals surface area contributed by atoms with Crippen molar-refractivity contribution in [2.24, 2.45) is 11.8 Å². The first-order valence-electron chi connectivity index (χ1n) is 13.0. The van der Waals surface area contributed by atoms with Crippen molar-refractivity contribution in [3.05, 3.63) is 95.5 Å². The maximum atomic E-state index is 14.3. The molecule has 6 rings (SSSR count). The fourth-order valence-electron chi connectivity index (χ4n) is 6.55. The minimum absolute atomic E-state index is 0.315. The van der Waals surface area contributed by atoms with Gasteiger partial charge >= 0.3 is 0 Å². The molecule has 3 amide bonds. The van der Waals surface area contributed by atoms with Crippen LogP contribution in [0, 0.1) is 11.8 Å². The Morgan fingerprint density at radius 3 is 2.23 bits per heavy atom. The second-order valence-corrected chi connectivity index (χ2v) is 10.7. The minimum Gasteiger partial charge on any atom is -0.394 e. The predicted octanol–water partition coefficient (Wildman–Crippen LogP) is 4.03. The number of nitrogens with zero attached hydrogens (tertiary/aromatic N) is 1. The number of nitrogens with one attached hydrogen (secondary N) is 2. The van der Waals surface area contributed by atoms with Gasteiger partial charge in [-0.25, -0.2) is 0 Å².